The molecule has 29 heavy (non-hydrogen) atoms. The van der Waals surface area contributed by atoms with E-state index in [1.165, 1.54) is 36.3 Å². The van der Waals surface area contributed by atoms with Crippen LogP contribution in [0.5, 0.6) is 0 Å². The summed E-state index contributed by atoms with van der Waals surface area (Å²) in [5.41, 5.74) is 0.118. The maximum Gasteiger partial charge on any atom is 0.411 e. The maximum atomic E-state index is 12.3. The second kappa shape index (κ2) is 9.40. The lowest BCUT2D eigenvalue weighted by molar-refractivity contribution is -0.151. The Morgan fingerprint density at radius 2 is 1.79 bits per heavy atom. The maximum absolute atomic E-state index is 12.3. The fraction of sp³-hybridized carbons (Fsp3) is 0.500. The number of amides is 2. The van der Waals surface area contributed by atoms with Gasteiger partial charge in [-0.05, 0) is 57.9 Å². The van der Waals surface area contributed by atoms with Crippen LogP contribution < -0.4 is 5.32 Å². The first-order chi connectivity index (χ1) is 13.6. The van der Waals surface area contributed by atoms with Gasteiger partial charge in [0.2, 0.25) is 0 Å². The summed E-state index contributed by atoms with van der Waals surface area (Å²) < 4.78 is 15.0. The van der Waals surface area contributed by atoms with E-state index in [-0.39, 0.29) is 0 Å². The van der Waals surface area contributed by atoms with Crippen molar-refractivity contribution >= 4 is 29.6 Å². The summed E-state index contributed by atoms with van der Waals surface area (Å²) in [4.78, 5) is 49.3. The summed E-state index contributed by atoms with van der Waals surface area (Å²) in [7, 11) is 1.28. The van der Waals surface area contributed by atoms with Gasteiger partial charge in [-0.25, -0.2) is 14.4 Å². The van der Waals surface area contributed by atoms with Crippen molar-refractivity contribution in [2.75, 3.05) is 25.6 Å². The number of benzene rings is 1. The highest BCUT2D eigenvalue weighted by atomic mass is 16.6. The average molecular weight is 406 g/mol. The van der Waals surface area contributed by atoms with Gasteiger partial charge in [0.25, 0.3) is 5.91 Å². The van der Waals surface area contributed by atoms with Gasteiger partial charge in [0.1, 0.15) is 11.6 Å². The van der Waals surface area contributed by atoms with Gasteiger partial charge >= 0.3 is 18.0 Å². The lowest BCUT2D eigenvalue weighted by atomic mass is 10.2. The molecule has 0 bridgehead atoms. The molecule has 158 valence electrons. The Morgan fingerprint density at radius 3 is 2.38 bits per heavy atom. The molecule has 9 heteroatoms. The van der Waals surface area contributed by atoms with Crippen LogP contribution in [-0.2, 0) is 23.8 Å². The number of nitrogens with zero attached hydrogens (tertiary/aromatic N) is 1. The third-order valence-electron chi connectivity index (χ3n) is 4.09. The van der Waals surface area contributed by atoms with Gasteiger partial charge in [-0.2, -0.15) is 0 Å². The number of nitrogens with one attached hydrogen (secondary N) is 1. The minimum Gasteiger partial charge on any atom is -0.465 e. The first-order valence-corrected chi connectivity index (χ1v) is 9.25. The summed E-state index contributed by atoms with van der Waals surface area (Å²) in [6.45, 7) is 5.15. The van der Waals surface area contributed by atoms with Crippen molar-refractivity contribution < 1.29 is 33.4 Å². The van der Waals surface area contributed by atoms with Gasteiger partial charge in [0, 0.05) is 12.2 Å². The molecule has 2 rings (SSSR count). The molecule has 1 aromatic carbocycles. The molecule has 1 atom stereocenters. The van der Waals surface area contributed by atoms with Crippen molar-refractivity contribution in [3.8, 4) is 0 Å². The molecule has 1 heterocycles. The van der Waals surface area contributed by atoms with Crippen molar-refractivity contribution in [1.29, 1.82) is 0 Å². The monoisotopic (exact) mass is 406 g/mol. The Kier molecular flexibility index (Phi) is 7.19. The fourth-order valence-electron chi connectivity index (χ4n) is 2.79. The molecular weight excluding hydrogens is 380 g/mol. The number of likely N-dealkylation sites (tertiary alicyclic amines) is 1. The SMILES string of the molecule is COC(=O)c1ccc(NC(=O)COC(=O)[C@@H]2CCCN2C(=O)OC(C)(C)C)cc1. The summed E-state index contributed by atoms with van der Waals surface area (Å²) in [5.74, 6) is -1.67. The van der Waals surface area contributed by atoms with Crippen molar-refractivity contribution in [3.05, 3.63) is 29.8 Å². The van der Waals surface area contributed by atoms with Gasteiger partial charge < -0.3 is 19.5 Å². The van der Waals surface area contributed by atoms with E-state index in [9.17, 15) is 19.2 Å². The third-order valence-corrected chi connectivity index (χ3v) is 4.09. The zero-order valence-electron chi connectivity index (χ0n) is 17.0. The van der Waals surface area contributed by atoms with E-state index in [4.69, 9.17) is 9.47 Å². The van der Waals surface area contributed by atoms with Crippen LogP contribution >= 0.6 is 0 Å². The normalized spacial score (nSPS) is 16.1. The van der Waals surface area contributed by atoms with Crippen LogP contribution in [0.25, 0.3) is 0 Å². The van der Waals surface area contributed by atoms with E-state index in [2.05, 4.69) is 10.1 Å². The Labute approximate surface area is 169 Å². The lowest BCUT2D eigenvalue weighted by Gasteiger charge is -2.27. The van der Waals surface area contributed by atoms with Gasteiger partial charge in [-0.15, -0.1) is 0 Å². The highest BCUT2D eigenvalue weighted by molar-refractivity contribution is 5.94. The molecule has 0 unspecified atom stereocenters. The minimum atomic E-state index is -0.767. The van der Waals surface area contributed by atoms with E-state index >= 15 is 0 Å². The number of carbonyl (C=O) groups is 4. The summed E-state index contributed by atoms with van der Waals surface area (Å²) in [5, 5.41) is 2.56. The van der Waals surface area contributed by atoms with E-state index in [0.717, 1.165) is 0 Å². The number of hydrogen-bond acceptors (Lipinski definition) is 7. The topological polar surface area (TPSA) is 111 Å². The van der Waals surface area contributed by atoms with Crippen LogP contribution in [0.15, 0.2) is 24.3 Å². The summed E-state index contributed by atoms with van der Waals surface area (Å²) in [6.07, 6.45) is 0.527. The molecule has 0 aliphatic carbocycles. The standard InChI is InChI=1S/C20H26N2O7/c1-20(2,3)29-19(26)22-11-5-6-15(22)18(25)28-12-16(23)21-14-9-7-13(8-10-14)17(24)27-4/h7-10,15H,5-6,11-12H2,1-4H3,(H,21,23)/t15-/m0/s1. The Balaban J connectivity index is 1.85. The number of carbonyl (C=O) groups excluding carboxylic acids is 4. The molecule has 0 aromatic heterocycles. The highest BCUT2D eigenvalue weighted by Gasteiger charge is 2.37. The molecule has 1 aromatic rings. The van der Waals surface area contributed by atoms with E-state index in [0.29, 0.717) is 30.6 Å². The van der Waals surface area contributed by atoms with Crippen molar-refractivity contribution in [3.63, 3.8) is 0 Å². The van der Waals surface area contributed by atoms with Crippen LogP contribution in [-0.4, -0.2) is 60.7 Å². The Morgan fingerprint density at radius 1 is 1.14 bits per heavy atom. The predicted molar refractivity (Wildman–Crippen MR) is 103 cm³/mol. The first-order valence-electron chi connectivity index (χ1n) is 9.25. The van der Waals surface area contributed by atoms with Gasteiger partial charge in [0.05, 0.1) is 12.7 Å². The van der Waals surface area contributed by atoms with E-state index in [1.807, 2.05) is 0 Å². The molecule has 1 N–H and O–H groups in total. The van der Waals surface area contributed by atoms with Crippen molar-refractivity contribution in [1.82, 2.24) is 4.90 Å². The van der Waals surface area contributed by atoms with Crippen molar-refractivity contribution in [2.45, 2.75) is 45.3 Å². The largest absolute Gasteiger partial charge is 0.465 e. The van der Waals surface area contributed by atoms with Crippen LogP contribution in [0, 0.1) is 0 Å². The zero-order valence-corrected chi connectivity index (χ0v) is 17.0. The molecule has 1 saturated heterocycles. The third kappa shape index (κ3) is 6.48. The quantitative estimate of drug-likeness (QED) is 0.590. The molecule has 0 spiro atoms. The summed E-state index contributed by atoms with van der Waals surface area (Å²) in [6, 6.07) is 5.31. The van der Waals surface area contributed by atoms with Gasteiger partial charge in [0.15, 0.2) is 6.61 Å². The number of rotatable bonds is 5. The summed E-state index contributed by atoms with van der Waals surface area (Å²) >= 11 is 0. The molecule has 1 fully saturated rings. The number of ether oxygens (including phenoxy) is 3. The molecule has 0 radical (unpaired) electrons. The fourth-order valence-corrected chi connectivity index (χ4v) is 2.79. The molecule has 9 nitrogen and oxygen atoms in total. The minimum absolute atomic E-state index is 0.348. The smallest absolute Gasteiger partial charge is 0.411 e. The van der Waals surface area contributed by atoms with Crippen LogP contribution in [0.4, 0.5) is 10.5 Å². The van der Waals surface area contributed by atoms with E-state index in [1.54, 1.807) is 20.8 Å². The van der Waals surface area contributed by atoms with Crippen LogP contribution in [0.2, 0.25) is 0 Å². The number of hydrogen-bond donors (Lipinski definition) is 1. The number of esters is 2. The van der Waals surface area contributed by atoms with Gasteiger partial charge in [-0.3, -0.25) is 9.69 Å². The van der Waals surface area contributed by atoms with Crippen LogP contribution in [0.1, 0.15) is 44.0 Å². The molecular formula is C20H26N2O7. The van der Waals surface area contributed by atoms with E-state index < -0.39 is 42.2 Å². The number of methoxy groups -OCH3 is 1. The second-order valence-electron chi connectivity index (χ2n) is 7.56. The molecule has 0 saturated carbocycles. The highest BCUT2D eigenvalue weighted by Crippen LogP contribution is 2.22. The molecule has 2 amide bonds. The average Bonchev–Trinajstić information content (AvgIpc) is 3.15. The second-order valence-corrected chi connectivity index (χ2v) is 7.56. The Hall–Kier alpha value is -3.10. The number of anilines is 1. The van der Waals surface area contributed by atoms with Crippen LogP contribution in [0.3, 0.4) is 0 Å². The predicted octanol–water partition coefficient (Wildman–Crippen LogP) is 2.35. The molecule has 1 aliphatic rings. The van der Waals surface area contributed by atoms with Gasteiger partial charge in [-0.1, -0.05) is 0 Å². The molecule has 1 aliphatic heterocycles. The zero-order chi connectivity index (χ0) is 21.6. The van der Waals surface area contributed by atoms with Crippen molar-refractivity contribution in [2.24, 2.45) is 0 Å². The Bertz CT molecular complexity index is 768. The first kappa shape index (κ1) is 22.2. The lowest BCUT2D eigenvalue weighted by Crippen LogP contribution is -2.44.